The van der Waals surface area contributed by atoms with Gasteiger partial charge in [0.05, 0.1) is 10.6 Å². The molecule has 0 aliphatic heterocycles. The Balaban J connectivity index is 3.03. The summed E-state index contributed by atoms with van der Waals surface area (Å²) in [6.45, 7) is 3.61. The van der Waals surface area contributed by atoms with E-state index in [2.05, 4.69) is 0 Å². The van der Waals surface area contributed by atoms with Crippen LogP contribution < -0.4 is 4.74 Å². The van der Waals surface area contributed by atoms with Crippen molar-refractivity contribution in [2.45, 2.75) is 13.8 Å². The second kappa shape index (κ2) is 7.04. The number of phenolic OH excluding ortho intramolecular Hbond substituents is 1. The van der Waals surface area contributed by atoms with Crippen molar-refractivity contribution in [3.63, 3.8) is 0 Å². The van der Waals surface area contributed by atoms with Crippen LogP contribution in [0, 0.1) is 5.92 Å². The van der Waals surface area contributed by atoms with Crippen LogP contribution in [0.3, 0.4) is 0 Å². The van der Waals surface area contributed by atoms with Gasteiger partial charge in [0.25, 0.3) is 0 Å². The Labute approximate surface area is 126 Å². The molecule has 0 fully saturated rings. The summed E-state index contributed by atoms with van der Waals surface area (Å²) in [5, 5.41) is 9.85. The van der Waals surface area contributed by atoms with Gasteiger partial charge < -0.3 is 9.84 Å². The number of hydrogen-bond donors (Lipinski definition) is 1. The molecule has 3 nitrogen and oxygen atoms in total. The standard InChI is InChI=1S/C13H13Cl3O3/c1-7(2)12(17)9-5-8(6-10(14)13(9)18)19-4-3-11(15)16/h3,5-7,18H,4H2,1-2H3. The normalized spacial score (nSPS) is 10.4. The van der Waals surface area contributed by atoms with Crippen molar-refractivity contribution in [3.8, 4) is 11.5 Å². The Morgan fingerprint density at radius 2 is 2.05 bits per heavy atom. The molecule has 0 bridgehead atoms. The van der Waals surface area contributed by atoms with Gasteiger partial charge in [-0.05, 0) is 12.1 Å². The van der Waals surface area contributed by atoms with Crippen LogP contribution in [0.2, 0.25) is 5.02 Å². The van der Waals surface area contributed by atoms with E-state index < -0.39 is 0 Å². The lowest BCUT2D eigenvalue weighted by Crippen LogP contribution is -2.08. The maximum Gasteiger partial charge on any atom is 0.169 e. The third kappa shape index (κ3) is 4.60. The fourth-order valence-corrected chi connectivity index (χ4v) is 1.69. The van der Waals surface area contributed by atoms with Crippen LogP contribution in [0.1, 0.15) is 24.2 Å². The Morgan fingerprint density at radius 1 is 1.42 bits per heavy atom. The summed E-state index contributed by atoms with van der Waals surface area (Å²) in [6, 6.07) is 2.86. The van der Waals surface area contributed by atoms with E-state index in [0.29, 0.717) is 5.75 Å². The quantitative estimate of drug-likeness (QED) is 0.807. The molecule has 6 heteroatoms. The van der Waals surface area contributed by atoms with E-state index in [1.54, 1.807) is 13.8 Å². The topological polar surface area (TPSA) is 46.5 Å². The molecule has 1 rings (SSSR count). The van der Waals surface area contributed by atoms with E-state index in [0.717, 1.165) is 0 Å². The molecule has 0 saturated carbocycles. The number of carbonyl (C=O) groups excluding carboxylic acids is 1. The van der Waals surface area contributed by atoms with Crippen molar-refractivity contribution in [1.82, 2.24) is 0 Å². The molecular formula is C13H13Cl3O3. The highest BCUT2D eigenvalue weighted by atomic mass is 35.5. The highest BCUT2D eigenvalue weighted by Gasteiger charge is 2.18. The average Bonchev–Trinajstić information content (AvgIpc) is 2.31. The molecule has 19 heavy (non-hydrogen) atoms. The monoisotopic (exact) mass is 322 g/mol. The first kappa shape index (κ1) is 16.2. The second-order valence-electron chi connectivity index (χ2n) is 4.12. The second-order valence-corrected chi connectivity index (χ2v) is 5.54. The summed E-state index contributed by atoms with van der Waals surface area (Å²) in [7, 11) is 0. The zero-order chi connectivity index (χ0) is 14.6. The molecule has 0 amide bonds. The van der Waals surface area contributed by atoms with Crippen LogP contribution in [0.15, 0.2) is 22.7 Å². The van der Waals surface area contributed by atoms with Crippen molar-refractivity contribution in [2.24, 2.45) is 5.92 Å². The Kier molecular flexibility index (Phi) is 5.98. The number of ketones is 1. The number of aromatic hydroxyl groups is 1. The van der Waals surface area contributed by atoms with Gasteiger partial charge in [0.15, 0.2) is 5.78 Å². The summed E-state index contributed by atoms with van der Waals surface area (Å²) >= 11 is 16.8. The number of rotatable bonds is 5. The van der Waals surface area contributed by atoms with Gasteiger partial charge in [-0.2, -0.15) is 0 Å². The number of halogens is 3. The van der Waals surface area contributed by atoms with Gasteiger partial charge in [-0.1, -0.05) is 48.7 Å². The first-order valence-electron chi connectivity index (χ1n) is 5.53. The molecule has 0 atom stereocenters. The van der Waals surface area contributed by atoms with Gasteiger partial charge in [0.1, 0.15) is 22.6 Å². The number of phenols is 1. The third-order valence-corrected chi connectivity index (χ3v) is 2.91. The molecule has 0 aliphatic carbocycles. The minimum absolute atomic E-state index is 0.0578. The number of ether oxygens (including phenoxy) is 1. The molecular weight excluding hydrogens is 310 g/mol. The van der Waals surface area contributed by atoms with Crippen LogP contribution in [-0.2, 0) is 0 Å². The summed E-state index contributed by atoms with van der Waals surface area (Å²) in [4.78, 5) is 11.9. The van der Waals surface area contributed by atoms with Crippen molar-refractivity contribution in [2.75, 3.05) is 6.61 Å². The van der Waals surface area contributed by atoms with Gasteiger partial charge in [0, 0.05) is 12.0 Å². The van der Waals surface area contributed by atoms with E-state index in [4.69, 9.17) is 39.5 Å². The van der Waals surface area contributed by atoms with Gasteiger partial charge in [-0.3, -0.25) is 4.79 Å². The molecule has 0 spiro atoms. The van der Waals surface area contributed by atoms with Gasteiger partial charge >= 0.3 is 0 Å². The molecule has 1 aromatic carbocycles. The summed E-state index contributed by atoms with van der Waals surface area (Å²) < 4.78 is 5.42. The predicted molar refractivity (Wildman–Crippen MR) is 77.6 cm³/mol. The van der Waals surface area contributed by atoms with E-state index in [1.807, 2.05) is 0 Å². The third-order valence-electron chi connectivity index (χ3n) is 2.31. The largest absolute Gasteiger partial charge is 0.506 e. The smallest absolute Gasteiger partial charge is 0.169 e. The lowest BCUT2D eigenvalue weighted by Gasteiger charge is -2.11. The molecule has 0 aliphatic rings. The van der Waals surface area contributed by atoms with Gasteiger partial charge in [0.2, 0.25) is 0 Å². The highest BCUT2D eigenvalue weighted by molar-refractivity contribution is 6.55. The van der Waals surface area contributed by atoms with Crippen LogP contribution in [-0.4, -0.2) is 17.5 Å². The maximum atomic E-state index is 11.9. The zero-order valence-electron chi connectivity index (χ0n) is 10.4. The lowest BCUT2D eigenvalue weighted by atomic mass is 10.00. The Morgan fingerprint density at radius 3 is 2.58 bits per heavy atom. The minimum Gasteiger partial charge on any atom is -0.506 e. The Bertz CT molecular complexity index is 506. The molecule has 1 aromatic rings. The fraction of sp³-hybridized carbons (Fsp3) is 0.308. The number of hydrogen-bond acceptors (Lipinski definition) is 3. The van der Waals surface area contributed by atoms with Gasteiger partial charge in [-0.15, -0.1) is 0 Å². The van der Waals surface area contributed by atoms with Crippen molar-refractivity contribution >= 4 is 40.6 Å². The molecule has 0 radical (unpaired) electrons. The average molecular weight is 324 g/mol. The van der Waals surface area contributed by atoms with E-state index in [-0.39, 0.29) is 39.1 Å². The fourth-order valence-electron chi connectivity index (χ4n) is 1.36. The van der Waals surface area contributed by atoms with E-state index in [1.165, 1.54) is 18.2 Å². The lowest BCUT2D eigenvalue weighted by molar-refractivity contribution is 0.0936. The van der Waals surface area contributed by atoms with Crippen LogP contribution in [0.25, 0.3) is 0 Å². The van der Waals surface area contributed by atoms with Crippen LogP contribution in [0.5, 0.6) is 11.5 Å². The first-order chi connectivity index (χ1) is 8.82. The Hall–Kier alpha value is -0.900. The van der Waals surface area contributed by atoms with Crippen molar-refractivity contribution < 1.29 is 14.6 Å². The molecule has 0 saturated heterocycles. The summed E-state index contributed by atoms with van der Waals surface area (Å²) in [5.74, 6) is -0.346. The summed E-state index contributed by atoms with van der Waals surface area (Å²) in [5.41, 5.74) is 0.137. The molecule has 0 heterocycles. The number of Topliss-reactive ketones (excluding diaryl/α,β-unsaturated/α-hetero) is 1. The van der Waals surface area contributed by atoms with Crippen molar-refractivity contribution in [1.29, 1.82) is 0 Å². The molecule has 104 valence electrons. The summed E-state index contributed by atoms with van der Waals surface area (Å²) in [6.07, 6.45) is 1.45. The minimum atomic E-state index is -0.255. The van der Waals surface area contributed by atoms with Crippen molar-refractivity contribution in [3.05, 3.63) is 33.3 Å². The van der Waals surface area contributed by atoms with E-state index in [9.17, 15) is 9.90 Å². The predicted octanol–water partition coefficient (Wildman–Crippen LogP) is 4.58. The van der Waals surface area contributed by atoms with Crippen LogP contribution in [0.4, 0.5) is 0 Å². The van der Waals surface area contributed by atoms with E-state index >= 15 is 0 Å². The molecule has 1 N–H and O–H groups in total. The first-order valence-corrected chi connectivity index (χ1v) is 6.67. The van der Waals surface area contributed by atoms with Crippen LogP contribution >= 0.6 is 34.8 Å². The molecule has 0 aromatic heterocycles. The number of carbonyl (C=O) groups is 1. The van der Waals surface area contributed by atoms with Gasteiger partial charge in [-0.25, -0.2) is 0 Å². The molecule has 0 unspecified atom stereocenters. The zero-order valence-corrected chi connectivity index (χ0v) is 12.7. The SMILES string of the molecule is CC(C)C(=O)c1cc(OCC=C(Cl)Cl)cc(Cl)c1O. The number of benzene rings is 1. The maximum absolute atomic E-state index is 11.9. The highest BCUT2D eigenvalue weighted by Crippen LogP contribution is 2.33.